The lowest BCUT2D eigenvalue weighted by molar-refractivity contribution is -0.384. The first-order valence-electron chi connectivity index (χ1n) is 13.3. The average molecular weight is 611 g/mol. The Morgan fingerprint density at radius 1 is 1.11 bits per heavy atom. The van der Waals surface area contributed by atoms with Crippen LogP contribution in [0.1, 0.15) is 24.3 Å². The van der Waals surface area contributed by atoms with E-state index in [0.29, 0.717) is 27.5 Å². The molecule has 1 amide bonds. The lowest BCUT2D eigenvalue weighted by atomic mass is 9.95. The highest BCUT2D eigenvalue weighted by Gasteiger charge is 2.32. The molecule has 0 radical (unpaired) electrons. The van der Waals surface area contributed by atoms with Gasteiger partial charge in [0.15, 0.2) is 4.80 Å². The Bertz CT molecular complexity index is 2130. The molecule has 1 N–H and O–H groups in total. The molecule has 1 aliphatic heterocycles. The molecule has 5 aromatic rings. The molecule has 12 heteroatoms. The smallest absolute Gasteiger partial charge is 0.284 e. The van der Waals surface area contributed by atoms with Crippen LogP contribution >= 0.6 is 11.3 Å². The number of aromatic nitrogens is 1. The molecule has 6 rings (SSSR count). The number of carbonyl (C=O) groups excluding carboxylic acids is 1. The van der Waals surface area contributed by atoms with Crippen molar-refractivity contribution in [2.24, 2.45) is 4.99 Å². The quantitative estimate of drug-likeness (QED) is 0.200. The van der Waals surface area contributed by atoms with E-state index in [2.05, 4.69) is 10.3 Å². The van der Waals surface area contributed by atoms with Gasteiger partial charge in [-0.05, 0) is 61.0 Å². The van der Waals surface area contributed by atoms with Gasteiger partial charge in [0, 0.05) is 11.8 Å². The molecule has 0 fully saturated rings. The number of rotatable bonds is 7. The third kappa shape index (κ3) is 5.34. The number of hydrogen-bond acceptors (Lipinski definition) is 8. The number of carbonyl (C=O) groups is 1. The van der Waals surface area contributed by atoms with Crippen molar-refractivity contribution < 1.29 is 23.3 Å². The number of fused-ring (bicyclic) bond motifs is 1. The number of allylic oxidation sites excluding steroid dienone is 1. The molecule has 0 saturated carbocycles. The highest BCUT2D eigenvalue weighted by atomic mass is 32.1. The number of ether oxygens (including phenoxy) is 1. The number of amides is 1. The molecular weight excluding hydrogens is 587 g/mol. The molecular formula is C32H23FN4O6S. The fraction of sp³-hybridized carbons (Fsp3) is 0.0938. The lowest BCUT2D eigenvalue weighted by Gasteiger charge is -2.25. The zero-order valence-electron chi connectivity index (χ0n) is 23.3. The summed E-state index contributed by atoms with van der Waals surface area (Å²) in [6.45, 7) is 1.69. The first kappa shape index (κ1) is 28.5. The Morgan fingerprint density at radius 2 is 1.86 bits per heavy atom. The van der Waals surface area contributed by atoms with Gasteiger partial charge in [-0.3, -0.25) is 24.3 Å². The molecule has 3 aromatic carbocycles. The van der Waals surface area contributed by atoms with Crippen molar-refractivity contribution in [2.75, 3.05) is 12.4 Å². The molecule has 44 heavy (non-hydrogen) atoms. The second kappa shape index (κ2) is 11.6. The monoisotopic (exact) mass is 610 g/mol. The minimum atomic E-state index is -0.883. The molecule has 3 heterocycles. The third-order valence-corrected chi connectivity index (χ3v) is 8.03. The molecule has 2 aromatic heterocycles. The molecule has 0 spiro atoms. The molecule has 10 nitrogen and oxygen atoms in total. The van der Waals surface area contributed by atoms with Gasteiger partial charge in [-0.25, -0.2) is 9.38 Å². The Labute approximate surface area is 252 Å². The second-order valence-electron chi connectivity index (χ2n) is 9.80. The summed E-state index contributed by atoms with van der Waals surface area (Å²) >= 11 is 1.10. The number of thiazole rings is 1. The van der Waals surface area contributed by atoms with Gasteiger partial charge in [0.25, 0.3) is 17.2 Å². The predicted molar refractivity (Wildman–Crippen MR) is 163 cm³/mol. The Kier molecular flexibility index (Phi) is 7.50. The van der Waals surface area contributed by atoms with E-state index in [9.17, 15) is 24.1 Å². The lowest BCUT2D eigenvalue weighted by Crippen LogP contribution is -2.40. The Morgan fingerprint density at radius 3 is 2.57 bits per heavy atom. The van der Waals surface area contributed by atoms with E-state index >= 15 is 0 Å². The van der Waals surface area contributed by atoms with Gasteiger partial charge >= 0.3 is 0 Å². The van der Waals surface area contributed by atoms with Crippen molar-refractivity contribution in [3.05, 3.63) is 143 Å². The number of furan rings is 1. The van der Waals surface area contributed by atoms with Crippen LogP contribution in [0.15, 0.2) is 110 Å². The molecule has 0 unspecified atom stereocenters. The van der Waals surface area contributed by atoms with Crippen molar-refractivity contribution in [1.82, 2.24) is 4.57 Å². The maximum atomic E-state index is 13.9. The molecule has 0 bridgehead atoms. The summed E-state index contributed by atoms with van der Waals surface area (Å²) < 4.78 is 26.6. The van der Waals surface area contributed by atoms with Crippen LogP contribution in [-0.2, 0) is 4.79 Å². The van der Waals surface area contributed by atoms with Crippen molar-refractivity contribution in [3.63, 3.8) is 0 Å². The number of halogens is 1. The van der Waals surface area contributed by atoms with E-state index in [1.165, 1.54) is 54.2 Å². The van der Waals surface area contributed by atoms with Crippen molar-refractivity contribution >= 4 is 34.7 Å². The SMILES string of the molecule is COc1ccc(-c2ccc(/C=c3\sc4n(c3=O)[C@@H](c3ccc(F)cc3)C(C(=O)Nc3ccccc3)=C(C)N=4)o2)c([N+](=O)[O-])c1. The number of benzene rings is 3. The number of nitro groups is 1. The van der Waals surface area contributed by atoms with Crippen LogP contribution < -0.4 is 24.9 Å². The van der Waals surface area contributed by atoms with Gasteiger partial charge in [-0.1, -0.05) is 41.7 Å². The maximum absolute atomic E-state index is 13.9. The number of methoxy groups -OCH3 is 1. The fourth-order valence-corrected chi connectivity index (χ4v) is 6.02. The van der Waals surface area contributed by atoms with E-state index in [4.69, 9.17) is 9.15 Å². The normalized spacial score (nSPS) is 14.6. The van der Waals surface area contributed by atoms with Crippen molar-refractivity contribution in [2.45, 2.75) is 13.0 Å². The molecule has 220 valence electrons. The number of hydrogen-bond donors (Lipinski definition) is 1. The van der Waals surface area contributed by atoms with Gasteiger partial charge in [0.1, 0.15) is 23.1 Å². The van der Waals surface area contributed by atoms with Crippen LogP contribution in [0.2, 0.25) is 0 Å². The number of anilines is 1. The van der Waals surface area contributed by atoms with Gasteiger partial charge in [-0.2, -0.15) is 0 Å². The van der Waals surface area contributed by atoms with Gasteiger partial charge in [0.2, 0.25) is 0 Å². The predicted octanol–water partition coefficient (Wildman–Crippen LogP) is 5.19. The second-order valence-corrected chi connectivity index (χ2v) is 10.8. The number of nitro benzene ring substituents is 1. The summed E-state index contributed by atoms with van der Waals surface area (Å²) in [6.07, 6.45) is 1.52. The van der Waals surface area contributed by atoms with E-state index in [1.807, 2.05) is 6.07 Å². The minimum absolute atomic E-state index is 0.194. The van der Waals surface area contributed by atoms with Crippen LogP contribution in [0.25, 0.3) is 17.4 Å². The Hall–Kier alpha value is -5.62. The summed E-state index contributed by atoms with van der Waals surface area (Å²) in [4.78, 5) is 43.6. The number of nitrogens with one attached hydrogen (secondary N) is 1. The van der Waals surface area contributed by atoms with Crippen molar-refractivity contribution in [1.29, 1.82) is 0 Å². The van der Waals surface area contributed by atoms with E-state index in [0.717, 1.165) is 11.3 Å². The van der Waals surface area contributed by atoms with Gasteiger partial charge in [0.05, 0.1) is 45.5 Å². The summed E-state index contributed by atoms with van der Waals surface area (Å²) in [5.41, 5.74) is 1.37. The van der Waals surface area contributed by atoms with Gasteiger partial charge < -0.3 is 14.5 Å². The van der Waals surface area contributed by atoms with Crippen LogP contribution in [0.3, 0.4) is 0 Å². The number of para-hydroxylation sites is 1. The topological polar surface area (TPSA) is 129 Å². The average Bonchev–Trinajstić information content (AvgIpc) is 3.60. The largest absolute Gasteiger partial charge is 0.497 e. The highest BCUT2D eigenvalue weighted by Crippen LogP contribution is 2.34. The molecule has 1 aliphatic rings. The van der Waals surface area contributed by atoms with Crippen LogP contribution in [0.4, 0.5) is 15.8 Å². The summed E-state index contributed by atoms with van der Waals surface area (Å²) in [6, 6.07) is 21.2. The van der Waals surface area contributed by atoms with E-state index in [-0.39, 0.29) is 32.9 Å². The first-order valence-corrected chi connectivity index (χ1v) is 14.1. The van der Waals surface area contributed by atoms with Crippen molar-refractivity contribution in [3.8, 4) is 17.1 Å². The zero-order valence-corrected chi connectivity index (χ0v) is 24.1. The molecule has 0 saturated heterocycles. The van der Waals surface area contributed by atoms with Crippen LogP contribution in [-0.4, -0.2) is 22.5 Å². The van der Waals surface area contributed by atoms with E-state index in [1.54, 1.807) is 49.4 Å². The molecule has 1 atom stereocenters. The summed E-state index contributed by atoms with van der Waals surface area (Å²) in [5.74, 6) is -0.0541. The standard InChI is InChI=1S/C32H23FN4O6S/c1-18-28(30(38)35-21-6-4-3-5-7-21)29(19-8-10-20(33)11-9-19)36-31(39)27(44-32(36)34-18)17-23-13-15-26(43-23)24-14-12-22(42-2)16-25(24)37(40)41/h3-17,29H,1-2H3,(H,35,38)/b27-17-/t29-/m0/s1. The Balaban J connectivity index is 1.44. The summed E-state index contributed by atoms with van der Waals surface area (Å²) in [7, 11) is 1.42. The van der Waals surface area contributed by atoms with E-state index < -0.39 is 28.2 Å². The molecule has 0 aliphatic carbocycles. The van der Waals surface area contributed by atoms with Crippen LogP contribution in [0.5, 0.6) is 5.75 Å². The van der Waals surface area contributed by atoms with Gasteiger partial charge in [-0.15, -0.1) is 0 Å². The maximum Gasteiger partial charge on any atom is 0.284 e. The van der Waals surface area contributed by atoms with Crippen LogP contribution in [0, 0.1) is 15.9 Å². The summed E-state index contributed by atoms with van der Waals surface area (Å²) in [5, 5.41) is 14.5. The third-order valence-electron chi connectivity index (χ3n) is 7.05. The highest BCUT2D eigenvalue weighted by molar-refractivity contribution is 7.07. The first-order chi connectivity index (χ1) is 21.2. The fourth-order valence-electron chi connectivity index (χ4n) is 4.99. The zero-order chi connectivity index (χ0) is 31.0. The number of nitrogens with zero attached hydrogens (tertiary/aromatic N) is 3. The minimum Gasteiger partial charge on any atom is -0.497 e.